The zero-order chi connectivity index (χ0) is 42.7. The number of carbonyl (C=O) groups excluding carboxylic acids is 2. The van der Waals surface area contributed by atoms with Gasteiger partial charge in [0.25, 0.3) is 0 Å². The summed E-state index contributed by atoms with van der Waals surface area (Å²) in [6, 6.07) is -0.690. The summed E-state index contributed by atoms with van der Waals surface area (Å²) in [5, 5.41) is 37.8. The molecule has 3 fully saturated rings. The minimum absolute atomic E-state index is 0.0447. The van der Waals surface area contributed by atoms with Crippen LogP contribution in [0.25, 0.3) is 0 Å². The second-order valence-electron chi connectivity index (χ2n) is 17.8. The Hall–Kier alpha value is -1.50. The van der Waals surface area contributed by atoms with Gasteiger partial charge < -0.3 is 63.4 Å². The van der Waals surface area contributed by atoms with Crippen LogP contribution in [0.3, 0.4) is 0 Å². The van der Waals surface area contributed by atoms with Crippen LogP contribution in [0.4, 0.5) is 0 Å². The van der Waals surface area contributed by atoms with Gasteiger partial charge in [-0.3, -0.25) is 9.59 Å². The third-order valence-electron chi connectivity index (χ3n) is 13.2. The lowest BCUT2D eigenvalue weighted by atomic mass is 9.72. The second-order valence-corrected chi connectivity index (χ2v) is 17.8. The Morgan fingerprint density at radius 3 is 2.02 bits per heavy atom. The molecule has 3 aliphatic heterocycles. The summed E-state index contributed by atoms with van der Waals surface area (Å²) in [5.41, 5.74) is -4.05. The maximum absolute atomic E-state index is 14.4. The molecule has 0 saturated carbocycles. The summed E-state index contributed by atoms with van der Waals surface area (Å²) in [6.45, 7) is 19.4. The van der Waals surface area contributed by atoms with Gasteiger partial charge in [0.1, 0.15) is 23.9 Å². The molecular weight excluding hydrogens is 728 g/mol. The molecule has 0 aliphatic carbocycles. The summed E-state index contributed by atoms with van der Waals surface area (Å²) in [7, 11) is 8.72. The zero-order valence-corrected chi connectivity index (χ0v) is 36.9. The highest BCUT2D eigenvalue weighted by Gasteiger charge is 2.54. The number of nitrogens with one attached hydrogen (secondary N) is 1. The number of esters is 1. The number of hydrogen-bond donors (Lipinski definition) is 4. The highest BCUT2D eigenvalue weighted by atomic mass is 16.7. The van der Waals surface area contributed by atoms with Crippen LogP contribution in [0, 0.1) is 23.7 Å². The van der Waals surface area contributed by atoms with Gasteiger partial charge in [-0.2, -0.15) is 0 Å². The molecule has 3 saturated heterocycles. The topological polar surface area (TPSA) is 184 Å². The summed E-state index contributed by atoms with van der Waals surface area (Å²) < 4.78 is 51.2. The van der Waals surface area contributed by atoms with E-state index in [0.717, 1.165) is 0 Å². The van der Waals surface area contributed by atoms with Crippen LogP contribution in [-0.4, -0.2) is 158 Å². The van der Waals surface area contributed by atoms with Crippen LogP contribution < -0.4 is 5.32 Å². The van der Waals surface area contributed by atoms with Gasteiger partial charge in [0.05, 0.1) is 47.6 Å². The maximum atomic E-state index is 14.4. The Labute approximate surface area is 335 Å². The molecule has 0 aromatic heterocycles. The number of likely N-dealkylation sites (N-methyl/N-ethyl adjacent to an activating group) is 1. The average Bonchev–Trinajstić information content (AvgIpc) is 3.13. The molecule has 3 rings (SSSR count). The van der Waals surface area contributed by atoms with Crippen molar-refractivity contribution in [3.8, 4) is 0 Å². The largest absolute Gasteiger partial charge is 0.459 e. The van der Waals surface area contributed by atoms with E-state index in [1.54, 1.807) is 48.8 Å². The first-order valence-electron chi connectivity index (χ1n) is 20.4. The normalized spacial score (nSPS) is 47.5. The third kappa shape index (κ3) is 10.6. The van der Waals surface area contributed by atoms with E-state index in [1.807, 2.05) is 41.8 Å². The highest BCUT2D eigenvalue weighted by molar-refractivity contribution is 5.73. The van der Waals surface area contributed by atoms with Gasteiger partial charge in [-0.1, -0.05) is 27.7 Å². The average molecular weight is 805 g/mol. The van der Waals surface area contributed by atoms with Gasteiger partial charge in [0.2, 0.25) is 5.91 Å². The Balaban J connectivity index is 2.29. The molecule has 0 aromatic rings. The first-order chi connectivity index (χ1) is 25.9. The van der Waals surface area contributed by atoms with E-state index in [1.165, 1.54) is 21.0 Å². The molecule has 0 unspecified atom stereocenters. The number of ether oxygens (including phenoxy) is 8. The van der Waals surface area contributed by atoms with E-state index >= 15 is 0 Å². The van der Waals surface area contributed by atoms with Crippen molar-refractivity contribution in [2.45, 2.75) is 192 Å². The van der Waals surface area contributed by atoms with E-state index in [4.69, 9.17) is 37.9 Å². The monoisotopic (exact) mass is 805 g/mol. The summed E-state index contributed by atoms with van der Waals surface area (Å²) in [5.74, 6) is -3.63. The molecule has 1 amide bonds. The van der Waals surface area contributed by atoms with E-state index in [2.05, 4.69) is 10.2 Å². The summed E-state index contributed by atoms with van der Waals surface area (Å²) in [4.78, 5) is 29.2. The molecular formula is C41H76N2O13. The van der Waals surface area contributed by atoms with Crippen molar-refractivity contribution in [1.82, 2.24) is 10.2 Å². The highest BCUT2D eigenvalue weighted by Crippen LogP contribution is 2.42. The standard InChI is InChI=1S/C41H76N2O13/c1-17-29-41(11,48)34(45)23(4)31(42-27(8)44)21(2)19-40(10,51-16)36(56-38-33(49-14)28(43(12)13)18-22(3)52-38)24(5)32(25(6)37(47)54-29)55-30-20-39(9,50-15)35(46)26(7)53-30/h21-26,28-36,38,45-46,48H,17-20H2,1-16H3,(H,42,44)/t21-,22-,23+,24+,25-,26+,28+,29-,30+,31+,32+,33-,34-,35+,36-,38+,39-,40+,41-/m1/s1. The Kier molecular flexibility index (Phi) is 17.2. The molecule has 19 atom stereocenters. The summed E-state index contributed by atoms with van der Waals surface area (Å²) >= 11 is 0. The third-order valence-corrected chi connectivity index (χ3v) is 13.2. The number of nitrogens with zero attached hydrogens (tertiary/aromatic N) is 1. The van der Waals surface area contributed by atoms with E-state index in [9.17, 15) is 24.9 Å². The van der Waals surface area contributed by atoms with Gasteiger partial charge in [0.15, 0.2) is 12.6 Å². The maximum Gasteiger partial charge on any atom is 0.311 e. The van der Waals surface area contributed by atoms with E-state index < -0.39 is 102 Å². The fourth-order valence-corrected chi connectivity index (χ4v) is 9.53. The molecule has 3 heterocycles. The Morgan fingerprint density at radius 2 is 1.50 bits per heavy atom. The molecule has 4 N–H and O–H groups in total. The minimum atomic E-state index is -1.90. The fraction of sp³-hybridized carbons (Fsp3) is 0.951. The molecule has 0 spiro atoms. The van der Waals surface area contributed by atoms with Crippen molar-refractivity contribution >= 4 is 11.9 Å². The lowest BCUT2D eigenvalue weighted by molar-refractivity contribution is -0.321. The number of carbonyl (C=O) groups is 2. The second kappa shape index (κ2) is 19.7. The predicted octanol–water partition coefficient (Wildman–Crippen LogP) is 3.03. The number of methoxy groups -OCH3 is 3. The SMILES string of the molecule is CC[C@H]1OC(=O)[C@H](C)[C@@H](O[C@H]2C[C@@](C)(OC)[C@@H](O)[C@H](C)O2)[C@H](C)[C@@H](O[C@@H]2O[C@H](C)C[C@H](N(C)C)[C@H]2OC)[C@@](C)(OC)C[C@@H](C)[C@H](NC(C)=O)[C@H](C)[C@@H](O)[C@]1(C)O. The van der Waals surface area contributed by atoms with Crippen LogP contribution >= 0.6 is 0 Å². The number of rotatable bonds is 10. The van der Waals surface area contributed by atoms with Crippen molar-refractivity contribution < 1.29 is 62.8 Å². The Morgan fingerprint density at radius 1 is 0.893 bits per heavy atom. The van der Waals surface area contributed by atoms with Crippen molar-refractivity contribution in [1.29, 1.82) is 0 Å². The number of aliphatic hydroxyl groups is 3. The minimum Gasteiger partial charge on any atom is -0.459 e. The quantitative estimate of drug-likeness (QED) is 0.237. The van der Waals surface area contributed by atoms with E-state index in [0.29, 0.717) is 12.8 Å². The molecule has 0 aromatic carbocycles. The summed E-state index contributed by atoms with van der Waals surface area (Å²) in [6.07, 6.45) is -7.04. The first-order valence-corrected chi connectivity index (χ1v) is 20.4. The molecule has 0 radical (unpaired) electrons. The lowest BCUT2D eigenvalue weighted by Gasteiger charge is -2.51. The van der Waals surface area contributed by atoms with Crippen LogP contribution in [0.15, 0.2) is 0 Å². The van der Waals surface area contributed by atoms with Crippen LogP contribution in [0.5, 0.6) is 0 Å². The predicted molar refractivity (Wildman–Crippen MR) is 208 cm³/mol. The van der Waals surface area contributed by atoms with Crippen molar-refractivity contribution in [3.05, 3.63) is 0 Å². The molecule has 3 aliphatic rings. The smallest absolute Gasteiger partial charge is 0.311 e. The first kappa shape index (κ1) is 48.9. The number of cyclic esters (lactones) is 1. The number of aliphatic hydroxyl groups excluding tert-OH is 2. The lowest BCUT2D eigenvalue weighted by Crippen LogP contribution is -2.62. The molecule has 56 heavy (non-hydrogen) atoms. The van der Waals surface area contributed by atoms with Crippen LogP contribution in [0.1, 0.15) is 102 Å². The van der Waals surface area contributed by atoms with Crippen LogP contribution in [-0.2, 0) is 47.5 Å². The van der Waals surface area contributed by atoms with Gasteiger partial charge >= 0.3 is 5.97 Å². The number of hydrogen-bond acceptors (Lipinski definition) is 14. The van der Waals surface area contributed by atoms with E-state index in [-0.39, 0.29) is 36.8 Å². The van der Waals surface area contributed by atoms with Crippen molar-refractivity contribution in [3.63, 3.8) is 0 Å². The molecule has 0 bridgehead atoms. The molecule has 15 nitrogen and oxygen atoms in total. The van der Waals surface area contributed by atoms with Gasteiger partial charge in [-0.15, -0.1) is 0 Å². The van der Waals surface area contributed by atoms with Gasteiger partial charge in [-0.25, -0.2) is 0 Å². The fourth-order valence-electron chi connectivity index (χ4n) is 9.53. The van der Waals surface area contributed by atoms with Crippen molar-refractivity contribution in [2.75, 3.05) is 35.4 Å². The molecule has 15 heteroatoms. The van der Waals surface area contributed by atoms with Crippen molar-refractivity contribution in [2.24, 2.45) is 23.7 Å². The zero-order valence-electron chi connectivity index (χ0n) is 36.9. The van der Waals surface area contributed by atoms with Gasteiger partial charge in [0, 0.05) is 58.6 Å². The van der Waals surface area contributed by atoms with Gasteiger partial charge in [-0.05, 0) is 80.8 Å². The molecule has 328 valence electrons. The number of amides is 1. The Bertz CT molecular complexity index is 1270. The van der Waals surface area contributed by atoms with Crippen LogP contribution in [0.2, 0.25) is 0 Å².